The van der Waals surface area contributed by atoms with Crippen LogP contribution in [0.25, 0.3) is 98.3 Å². The van der Waals surface area contributed by atoms with Gasteiger partial charge in [0.15, 0.2) is 5.82 Å². The Balaban J connectivity index is 1.22. The molecule has 50 heavy (non-hydrogen) atoms. The van der Waals surface area contributed by atoms with E-state index < -0.39 is 0 Å². The summed E-state index contributed by atoms with van der Waals surface area (Å²) in [6.45, 7) is 0. The second-order valence-corrected chi connectivity index (χ2v) is 13.5. The third kappa shape index (κ3) is 4.87. The van der Waals surface area contributed by atoms with Gasteiger partial charge in [0.25, 0.3) is 0 Å². The molecule has 0 saturated heterocycles. The van der Waals surface area contributed by atoms with E-state index in [2.05, 4.69) is 120 Å². The molecule has 4 nitrogen and oxygen atoms in total. The van der Waals surface area contributed by atoms with E-state index in [1.165, 1.54) is 20.2 Å². The highest BCUT2D eigenvalue weighted by molar-refractivity contribution is 7.25. The minimum absolute atomic E-state index is 0.689. The van der Waals surface area contributed by atoms with Crippen LogP contribution in [0.4, 0.5) is 0 Å². The van der Waals surface area contributed by atoms with Crippen molar-refractivity contribution in [3.05, 3.63) is 164 Å². The van der Waals surface area contributed by atoms with Gasteiger partial charge in [-0.15, -0.1) is 11.3 Å². The lowest BCUT2D eigenvalue weighted by atomic mass is 9.94. The number of para-hydroxylation sites is 1. The summed E-state index contributed by atoms with van der Waals surface area (Å²) in [6, 6.07) is 53.0. The Labute approximate surface area is 292 Å². The number of hydrogen-bond donors (Lipinski definition) is 0. The molecule has 4 aromatic heterocycles. The lowest BCUT2D eigenvalue weighted by Gasteiger charge is -2.13. The Morgan fingerprint density at radius 2 is 1.16 bits per heavy atom. The molecular weight excluding hydrogens is 631 g/mol. The summed E-state index contributed by atoms with van der Waals surface area (Å²) in [6.07, 6.45) is 3.72. The summed E-state index contributed by atoms with van der Waals surface area (Å²) < 4.78 is 8.68. The standard InChI is InChI=1S/C45H27N3OS/c1-2-10-28(11-3-1)45-47-38(26-39(48-45)35-15-8-18-43-44(35)36-14-5-7-17-42(36)50-43)33-23-31(22-32(24-33)30-12-9-21-46-27-30)29-19-20-41-37(25-29)34-13-4-6-16-40(34)49-41/h1-27H. The molecule has 10 aromatic rings. The molecule has 0 atom stereocenters. The largest absolute Gasteiger partial charge is 0.456 e. The summed E-state index contributed by atoms with van der Waals surface area (Å²) in [5.74, 6) is 0.689. The summed E-state index contributed by atoms with van der Waals surface area (Å²) in [5, 5.41) is 4.67. The van der Waals surface area contributed by atoms with Crippen molar-refractivity contribution in [2.24, 2.45) is 0 Å². The van der Waals surface area contributed by atoms with Gasteiger partial charge in [0.2, 0.25) is 0 Å². The number of benzene rings is 6. The van der Waals surface area contributed by atoms with Crippen molar-refractivity contribution in [2.75, 3.05) is 0 Å². The van der Waals surface area contributed by atoms with Crippen molar-refractivity contribution in [2.45, 2.75) is 0 Å². The second kappa shape index (κ2) is 11.6. The number of furan rings is 1. The first-order valence-electron chi connectivity index (χ1n) is 16.6. The zero-order valence-corrected chi connectivity index (χ0v) is 27.6. The van der Waals surface area contributed by atoms with Crippen LogP contribution >= 0.6 is 11.3 Å². The fourth-order valence-electron chi connectivity index (χ4n) is 6.99. The summed E-state index contributed by atoms with van der Waals surface area (Å²) in [4.78, 5) is 14.9. The molecule has 234 valence electrons. The highest BCUT2D eigenvalue weighted by Gasteiger charge is 2.17. The van der Waals surface area contributed by atoms with Crippen molar-refractivity contribution in [1.29, 1.82) is 0 Å². The summed E-state index contributed by atoms with van der Waals surface area (Å²) in [7, 11) is 0. The predicted molar refractivity (Wildman–Crippen MR) is 207 cm³/mol. The zero-order valence-electron chi connectivity index (χ0n) is 26.7. The lowest BCUT2D eigenvalue weighted by Crippen LogP contribution is -1.97. The number of nitrogens with zero attached hydrogens (tertiary/aromatic N) is 3. The monoisotopic (exact) mass is 657 g/mol. The van der Waals surface area contributed by atoms with Gasteiger partial charge in [0.1, 0.15) is 11.2 Å². The topological polar surface area (TPSA) is 51.8 Å². The molecule has 0 aliphatic rings. The molecule has 0 amide bonds. The Morgan fingerprint density at radius 1 is 0.440 bits per heavy atom. The van der Waals surface area contributed by atoms with Gasteiger partial charge in [-0.05, 0) is 77.4 Å². The molecule has 0 bridgehead atoms. The highest BCUT2D eigenvalue weighted by atomic mass is 32.1. The van der Waals surface area contributed by atoms with Crippen molar-refractivity contribution >= 4 is 53.4 Å². The van der Waals surface area contributed by atoms with Gasteiger partial charge in [0, 0.05) is 65.6 Å². The molecule has 5 heteroatoms. The summed E-state index contributed by atoms with van der Waals surface area (Å²) in [5.41, 5.74) is 10.9. The molecule has 0 aliphatic heterocycles. The third-order valence-electron chi connectivity index (χ3n) is 9.37. The number of hydrogen-bond acceptors (Lipinski definition) is 5. The lowest BCUT2D eigenvalue weighted by molar-refractivity contribution is 0.669. The van der Waals surface area contributed by atoms with Crippen molar-refractivity contribution in [1.82, 2.24) is 15.0 Å². The van der Waals surface area contributed by atoms with Crippen LogP contribution in [0.1, 0.15) is 0 Å². The van der Waals surface area contributed by atoms with Crippen LogP contribution in [-0.4, -0.2) is 15.0 Å². The van der Waals surface area contributed by atoms with Gasteiger partial charge < -0.3 is 4.42 Å². The van der Waals surface area contributed by atoms with Crippen LogP contribution in [0.3, 0.4) is 0 Å². The van der Waals surface area contributed by atoms with E-state index in [1.54, 1.807) is 0 Å². The minimum Gasteiger partial charge on any atom is -0.456 e. The molecule has 0 N–H and O–H groups in total. The number of pyridine rings is 1. The van der Waals surface area contributed by atoms with Gasteiger partial charge in [0.05, 0.1) is 11.4 Å². The first-order valence-corrected chi connectivity index (χ1v) is 17.4. The molecule has 0 unspecified atom stereocenters. The molecular formula is C45H27N3OS. The van der Waals surface area contributed by atoms with Crippen LogP contribution in [-0.2, 0) is 0 Å². The number of thiophene rings is 1. The minimum atomic E-state index is 0.689. The Hall–Kier alpha value is -6.43. The van der Waals surface area contributed by atoms with Gasteiger partial charge in [-0.3, -0.25) is 4.98 Å². The molecule has 0 fully saturated rings. The van der Waals surface area contributed by atoms with Crippen molar-refractivity contribution in [3.63, 3.8) is 0 Å². The zero-order chi connectivity index (χ0) is 33.0. The quantitative estimate of drug-likeness (QED) is 0.185. The van der Waals surface area contributed by atoms with Gasteiger partial charge in [-0.2, -0.15) is 0 Å². The maximum atomic E-state index is 6.17. The van der Waals surface area contributed by atoms with Crippen LogP contribution in [0.15, 0.2) is 168 Å². The average Bonchev–Trinajstić information content (AvgIpc) is 3.76. The van der Waals surface area contributed by atoms with E-state index in [9.17, 15) is 0 Å². The van der Waals surface area contributed by atoms with Crippen LogP contribution in [0, 0.1) is 0 Å². The maximum absolute atomic E-state index is 6.17. The van der Waals surface area contributed by atoms with Crippen LogP contribution in [0.2, 0.25) is 0 Å². The van der Waals surface area contributed by atoms with E-state index in [1.807, 2.05) is 60.1 Å². The second-order valence-electron chi connectivity index (χ2n) is 12.5. The van der Waals surface area contributed by atoms with Gasteiger partial charge in [-0.25, -0.2) is 9.97 Å². The molecule has 4 heterocycles. The Kier molecular flexibility index (Phi) is 6.64. The first-order chi connectivity index (χ1) is 24.7. The molecule has 0 saturated carbocycles. The number of aromatic nitrogens is 3. The summed E-state index contributed by atoms with van der Waals surface area (Å²) >= 11 is 1.82. The Bertz CT molecular complexity index is 2870. The highest BCUT2D eigenvalue weighted by Crippen LogP contribution is 2.41. The van der Waals surface area contributed by atoms with Crippen molar-refractivity contribution < 1.29 is 4.42 Å². The van der Waals surface area contributed by atoms with E-state index in [4.69, 9.17) is 14.4 Å². The van der Waals surface area contributed by atoms with Gasteiger partial charge >= 0.3 is 0 Å². The van der Waals surface area contributed by atoms with E-state index in [-0.39, 0.29) is 0 Å². The smallest absolute Gasteiger partial charge is 0.160 e. The molecule has 0 radical (unpaired) electrons. The number of fused-ring (bicyclic) bond motifs is 6. The molecule has 6 aromatic carbocycles. The number of rotatable bonds is 5. The maximum Gasteiger partial charge on any atom is 0.160 e. The van der Waals surface area contributed by atoms with Crippen molar-refractivity contribution in [3.8, 4) is 56.2 Å². The molecule has 0 aliphatic carbocycles. The molecule has 0 spiro atoms. The average molecular weight is 658 g/mol. The van der Waals surface area contributed by atoms with Crippen LogP contribution < -0.4 is 0 Å². The SMILES string of the molecule is c1ccc(-c2nc(-c3cc(-c4cccnc4)cc(-c4ccc5oc6ccccc6c5c4)c3)cc(-c3cccc4sc5ccccc5c34)n2)cc1. The van der Waals surface area contributed by atoms with E-state index >= 15 is 0 Å². The van der Waals surface area contributed by atoms with E-state index in [0.717, 1.165) is 72.3 Å². The van der Waals surface area contributed by atoms with Crippen LogP contribution in [0.5, 0.6) is 0 Å². The molecule has 10 rings (SSSR count). The van der Waals surface area contributed by atoms with E-state index in [0.29, 0.717) is 5.82 Å². The predicted octanol–water partition coefficient (Wildman–Crippen LogP) is 12.5. The van der Waals surface area contributed by atoms with Gasteiger partial charge in [-0.1, -0.05) is 91.0 Å². The first kappa shape index (κ1) is 28.6. The normalized spacial score (nSPS) is 11.6. The fourth-order valence-corrected chi connectivity index (χ4v) is 8.12. The fraction of sp³-hybridized carbons (Fsp3) is 0. The Morgan fingerprint density at radius 3 is 2.04 bits per heavy atom. The third-order valence-corrected chi connectivity index (χ3v) is 10.5.